The van der Waals surface area contributed by atoms with Crippen LogP contribution in [0.4, 0.5) is 5.69 Å². The van der Waals surface area contributed by atoms with Gasteiger partial charge in [-0.2, -0.15) is 5.10 Å². The summed E-state index contributed by atoms with van der Waals surface area (Å²) in [5, 5.41) is 16.0. The predicted octanol–water partition coefficient (Wildman–Crippen LogP) is 4.50. The van der Waals surface area contributed by atoms with Gasteiger partial charge in [-0.3, -0.25) is 4.90 Å². The van der Waals surface area contributed by atoms with Gasteiger partial charge in [-0.1, -0.05) is 41.9 Å². The molecule has 0 spiro atoms. The number of halogens is 2. The Morgan fingerprint density at radius 3 is 2.37 bits per heavy atom. The maximum absolute atomic E-state index is 10.8. The molecule has 4 rings (SSSR count). The molecule has 7 heteroatoms. The Hall–Kier alpha value is -2.05. The first-order valence-electron chi connectivity index (χ1n) is 10.1. The standard InChI is InChI=1S/C23H27ClN4O.ClH/c1-18-20(17-25-28(18)19-7-3-2-4-8-19)23(29)11-12-26-13-15-27(16-14-26)22-10-6-5-9-21(22)24;/h2-10,17,23,29H,11-16H2,1H3;1H. The van der Waals surface area contributed by atoms with Crippen LogP contribution in [0.1, 0.15) is 23.8 Å². The molecule has 30 heavy (non-hydrogen) atoms. The average molecular weight is 447 g/mol. The van der Waals surface area contributed by atoms with Crippen LogP contribution in [0.15, 0.2) is 60.8 Å². The zero-order valence-corrected chi connectivity index (χ0v) is 18.7. The SMILES string of the molecule is Cc1c(C(O)CCN2CCN(c3ccccc3Cl)CC2)cnn1-c1ccccc1.Cl. The highest BCUT2D eigenvalue weighted by molar-refractivity contribution is 6.33. The van der Waals surface area contributed by atoms with Crippen molar-refractivity contribution < 1.29 is 5.11 Å². The van der Waals surface area contributed by atoms with Crippen molar-refractivity contribution in [1.82, 2.24) is 14.7 Å². The number of aliphatic hydroxyl groups is 1. The fourth-order valence-corrected chi connectivity index (χ4v) is 4.22. The fourth-order valence-electron chi connectivity index (χ4n) is 3.96. The molecule has 5 nitrogen and oxygen atoms in total. The summed E-state index contributed by atoms with van der Waals surface area (Å²) < 4.78 is 1.89. The topological polar surface area (TPSA) is 44.5 Å². The fraction of sp³-hybridized carbons (Fsp3) is 0.348. The van der Waals surface area contributed by atoms with Crippen molar-refractivity contribution in [2.24, 2.45) is 0 Å². The molecule has 0 radical (unpaired) electrons. The molecule has 1 aliphatic rings. The van der Waals surface area contributed by atoms with Gasteiger partial charge < -0.3 is 10.0 Å². The Morgan fingerprint density at radius 1 is 1.00 bits per heavy atom. The Labute approximate surface area is 189 Å². The summed E-state index contributed by atoms with van der Waals surface area (Å²) in [5.74, 6) is 0. The lowest BCUT2D eigenvalue weighted by Crippen LogP contribution is -2.46. The number of para-hydroxylation sites is 2. The Bertz CT molecular complexity index is 939. The van der Waals surface area contributed by atoms with Crippen LogP contribution in [-0.2, 0) is 0 Å². The molecular formula is C23H28Cl2N4O. The van der Waals surface area contributed by atoms with Gasteiger partial charge in [0.1, 0.15) is 0 Å². The zero-order valence-electron chi connectivity index (χ0n) is 17.1. The molecule has 2 heterocycles. The lowest BCUT2D eigenvalue weighted by Gasteiger charge is -2.36. The third-order valence-electron chi connectivity index (χ3n) is 5.69. The van der Waals surface area contributed by atoms with Gasteiger partial charge in [0.25, 0.3) is 0 Å². The number of aliphatic hydroxyl groups excluding tert-OH is 1. The van der Waals surface area contributed by atoms with Crippen LogP contribution in [0.3, 0.4) is 0 Å². The Balaban J connectivity index is 0.00000256. The van der Waals surface area contributed by atoms with Crippen molar-refractivity contribution in [3.8, 4) is 5.69 Å². The van der Waals surface area contributed by atoms with E-state index in [4.69, 9.17) is 11.6 Å². The van der Waals surface area contributed by atoms with E-state index in [0.29, 0.717) is 6.42 Å². The number of hydrogen-bond acceptors (Lipinski definition) is 4. The summed E-state index contributed by atoms with van der Waals surface area (Å²) in [6.45, 7) is 6.73. The third kappa shape index (κ3) is 4.98. The summed E-state index contributed by atoms with van der Waals surface area (Å²) >= 11 is 6.33. The van der Waals surface area contributed by atoms with Gasteiger partial charge in [0, 0.05) is 44.0 Å². The molecule has 1 unspecified atom stereocenters. The van der Waals surface area contributed by atoms with E-state index in [0.717, 1.165) is 60.4 Å². The number of nitrogens with zero attached hydrogens (tertiary/aromatic N) is 4. The van der Waals surface area contributed by atoms with Gasteiger partial charge in [-0.25, -0.2) is 4.68 Å². The second-order valence-electron chi connectivity index (χ2n) is 7.52. The molecule has 1 aromatic heterocycles. The monoisotopic (exact) mass is 446 g/mol. The van der Waals surface area contributed by atoms with Crippen LogP contribution in [0, 0.1) is 6.92 Å². The number of aromatic nitrogens is 2. The summed E-state index contributed by atoms with van der Waals surface area (Å²) in [5.41, 5.74) is 4.02. The predicted molar refractivity (Wildman–Crippen MR) is 125 cm³/mol. The van der Waals surface area contributed by atoms with Crippen molar-refractivity contribution >= 4 is 29.7 Å². The minimum Gasteiger partial charge on any atom is -0.388 e. The second-order valence-corrected chi connectivity index (χ2v) is 7.92. The van der Waals surface area contributed by atoms with Crippen LogP contribution < -0.4 is 4.90 Å². The van der Waals surface area contributed by atoms with E-state index < -0.39 is 6.10 Å². The number of piperazine rings is 1. The molecule has 1 aliphatic heterocycles. The highest BCUT2D eigenvalue weighted by Crippen LogP contribution is 2.27. The van der Waals surface area contributed by atoms with Gasteiger partial charge in [-0.15, -0.1) is 12.4 Å². The van der Waals surface area contributed by atoms with Crippen molar-refractivity contribution in [3.63, 3.8) is 0 Å². The van der Waals surface area contributed by atoms with Crippen molar-refractivity contribution in [2.45, 2.75) is 19.4 Å². The summed E-state index contributed by atoms with van der Waals surface area (Å²) in [7, 11) is 0. The van der Waals surface area contributed by atoms with E-state index in [9.17, 15) is 5.11 Å². The second kappa shape index (κ2) is 10.3. The third-order valence-corrected chi connectivity index (χ3v) is 6.01. The average Bonchev–Trinajstić information content (AvgIpc) is 3.15. The molecule has 0 amide bonds. The van der Waals surface area contributed by atoms with Gasteiger partial charge in [0.05, 0.1) is 28.7 Å². The lowest BCUT2D eigenvalue weighted by atomic mass is 10.1. The van der Waals surface area contributed by atoms with Crippen LogP contribution in [-0.4, -0.2) is 52.5 Å². The van der Waals surface area contributed by atoms with E-state index in [2.05, 4.69) is 21.0 Å². The van der Waals surface area contributed by atoms with Gasteiger partial charge in [0.15, 0.2) is 0 Å². The summed E-state index contributed by atoms with van der Waals surface area (Å²) in [6, 6.07) is 18.0. The summed E-state index contributed by atoms with van der Waals surface area (Å²) in [6.07, 6.45) is 1.99. The molecular weight excluding hydrogens is 419 g/mol. The van der Waals surface area contributed by atoms with E-state index >= 15 is 0 Å². The first-order valence-corrected chi connectivity index (χ1v) is 10.5. The van der Waals surface area contributed by atoms with Crippen molar-refractivity contribution in [2.75, 3.05) is 37.6 Å². The molecule has 0 saturated carbocycles. The molecule has 0 bridgehead atoms. The Kier molecular flexibility index (Phi) is 7.78. The number of anilines is 1. The van der Waals surface area contributed by atoms with E-state index in [1.54, 1.807) is 6.20 Å². The zero-order chi connectivity index (χ0) is 20.2. The molecule has 1 fully saturated rings. The first-order chi connectivity index (χ1) is 14.1. The molecule has 2 aromatic carbocycles. The maximum atomic E-state index is 10.8. The smallest absolute Gasteiger partial charge is 0.0835 e. The molecule has 1 saturated heterocycles. The van der Waals surface area contributed by atoms with E-state index in [-0.39, 0.29) is 12.4 Å². The van der Waals surface area contributed by atoms with Crippen LogP contribution in [0.25, 0.3) is 5.69 Å². The van der Waals surface area contributed by atoms with Crippen molar-refractivity contribution in [1.29, 1.82) is 0 Å². The minimum absolute atomic E-state index is 0. The molecule has 1 N–H and O–H groups in total. The van der Waals surface area contributed by atoms with Gasteiger partial charge in [0.2, 0.25) is 0 Å². The summed E-state index contributed by atoms with van der Waals surface area (Å²) in [4.78, 5) is 4.75. The minimum atomic E-state index is -0.506. The van der Waals surface area contributed by atoms with Crippen LogP contribution >= 0.6 is 24.0 Å². The number of benzene rings is 2. The molecule has 0 aliphatic carbocycles. The van der Waals surface area contributed by atoms with Crippen LogP contribution in [0.2, 0.25) is 5.02 Å². The molecule has 1 atom stereocenters. The molecule has 160 valence electrons. The normalized spacial score (nSPS) is 15.6. The number of hydrogen-bond donors (Lipinski definition) is 1. The van der Waals surface area contributed by atoms with E-state index in [1.807, 2.05) is 60.1 Å². The largest absolute Gasteiger partial charge is 0.388 e. The highest BCUT2D eigenvalue weighted by Gasteiger charge is 2.21. The quantitative estimate of drug-likeness (QED) is 0.605. The van der Waals surface area contributed by atoms with Gasteiger partial charge in [-0.05, 0) is 37.6 Å². The van der Waals surface area contributed by atoms with Gasteiger partial charge >= 0.3 is 0 Å². The molecule has 3 aromatic rings. The number of rotatable bonds is 6. The van der Waals surface area contributed by atoms with Crippen molar-refractivity contribution in [3.05, 3.63) is 77.1 Å². The highest BCUT2D eigenvalue weighted by atomic mass is 35.5. The lowest BCUT2D eigenvalue weighted by molar-refractivity contribution is 0.139. The van der Waals surface area contributed by atoms with E-state index in [1.165, 1.54) is 0 Å². The maximum Gasteiger partial charge on any atom is 0.0835 e. The first kappa shape index (κ1) is 22.6. The van der Waals surface area contributed by atoms with Crippen LogP contribution in [0.5, 0.6) is 0 Å². The Morgan fingerprint density at radius 2 is 1.67 bits per heavy atom.